The van der Waals surface area contributed by atoms with Crippen LogP contribution < -0.4 is 0 Å². The maximum absolute atomic E-state index is 10.5. The van der Waals surface area contributed by atoms with Crippen LogP contribution in [0.2, 0.25) is 0 Å². The van der Waals surface area contributed by atoms with E-state index in [0.29, 0.717) is 29.2 Å². The highest BCUT2D eigenvalue weighted by molar-refractivity contribution is 5.76. The molecule has 0 saturated heterocycles. The molecule has 1 aromatic carbocycles. The van der Waals surface area contributed by atoms with Gasteiger partial charge in [-0.05, 0) is 46.2 Å². The Morgan fingerprint density at radius 2 is 1.77 bits per heavy atom. The van der Waals surface area contributed by atoms with Crippen LogP contribution in [-0.4, -0.2) is 39.4 Å². The molecule has 1 fully saturated rings. The minimum Gasteiger partial charge on any atom is -0.382 e. The Balaban J connectivity index is 1.52. The van der Waals surface area contributed by atoms with Gasteiger partial charge in [-0.1, -0.05) is 12.1 Å². The van der Waals surface area contributed by atoms with Crippen molar-refractivity contribution in [3.8, 4) is 5.82 Å². The number of nitrogens with zero attached hydrogens (tertiary/aromatic N) is 7. The van der Waals surface area contributed by atoms with Crippen molar-refractivity contribution < 1.29 is 5.11 Å². The average Bonchev–Trinajstić information content (AvgIpc) is 3.27. The van der Waals surface area contributed by atoms with E-state index >= 15 is 0 Å². The smallest absolute Gasteiger partial charge is 0.165 e. The number of aliphatic hydroxyl groups is 1. The molecule has 4 aromatic rings. The summed E-state index contributed by atoms with van der Waals surface area (Å²) in [6.45, 7) is 7.09. The van der Waals surface area contributed by atoms with Crippen LogP contribution >= 0.6 is 0 Å². The van der Waals surface area contributed by atoms with Crippen LogP contribution in [0.25, 0.3) is 16.9 Å². The first-order valence-electron chi connectivity index (χ1n) is 10.2. The van der Waals surface area contributed by atoms with Gasteiger partial charge < -0.3 is 9.67 Å². The number of fused-ring (bicyclic) bond motifs is 1. The molecule has 1 aliphatic carbocycles. The SMILES string of the molecule is Cc1nc(C2CC2c2nc3ccccc3n2C)cc(-n2nc(C)nc2C(C)(C)O)n1. The standard InChI is InChI=1S/C22H25N7O/c1-12-23-17(11-19(24-12)29-21(22(3,4)30)25-13(2)27-29)14-10-15(14)20-26-16-8-6-7-9-18(16)28(20)5/h6-9,11,14-15,30H,10H2,1-5H3. The van der Waals surface area contributed by atoms with Crippen LogP contribution in [0.3, 0.4) is 0 Å². The van der Waals surface area contributed by atoms with E-state index < -0.39 is 5.60 Å². The van der Waals surface area contributed by atoms with E-state index in [1.165, 1.54) is 0 Å². The van der Waals surface area contributed by atoms with Crippen molar-refractivity contribution >= 4 is 11.0 Å². The summed E-state index contributed by atoms with van der Waals surface area (Å²) in [6, 6.07) is 10.2. The molecule has 1 aliphatic rings. The number of aromatic nitrogens is 7. The predicted octanol–water partition coefficient (Wildman–Crippen LogP) is 3.06. The zero-order valence-electron chi connectivity index (χ0n) is 17.8. The summed E-state index contributed by atoms with van der Waals surface area (Å²) in [6.07, 6.45) is 1.00. The van der Waals surface area contributed by atoms with Crippen LogP contribution in [0.4, 0.5) is 0 Å². The van der Waals surface area contributed by atoms with Gasteiger partial charge in [-0.3, -0.25) is 0 Å². The first kappa shape index (κ1) is 18.9. The number of aryl methyl sites for hydroxylation is 3. The fourth-order valence-electron chi connectivity index (χ4n) is 4.15. The molecule has 0 aliphatic heterocycles. The molecule has 30 heavy (non-hydrogen) atoms. The van der Waals surface area contributed by atoms with Crippen molar-refractivity contribution in [1.29, 1.82) is 0 Å². The summed E-state index contributed by atoms with van der Waals surface area (Å²) in [5, 5.41) is 15.0. The highest BCUT2D eigenvalue weighted by Crippen LogP contribution is 2.54. The van der Waals surface area contributed by atoms with Gasteiger partial charge in [0.15, 0.2) is 11.6 Å². The Morgan fingerprint density at radius 3 is 2.50 bits per heavy atom. The second-order valence-electron chi connectivity index (χ2n) is 8.62. The van der Waals surface area contributed by atoms with Crippen LogP contribution in [0.1, 0.15) is 61.1 Å². The van der Waals surface area contributed by atoms with Gasteiger partial charge in [0.25, 0.3) is 0 Å². The Hall–Kier alpha value is -3.13. The lowest BCUT2D eigenvalue weighted by Gasteiger charge is -2.17. The monoisotopic (exact) mass is 403 g/mol. The highest BCUT2D eigenvalue weighted by atomic mass is 16.3. The molecule has 8 nitrogen and oxygen atoms in total. The third-order valence-electron chi connectivity index (χ3n) is 5.65. The number of para-hydroxylation sites is 2. The predicted molar refractivity (Wildman–Crippen MR) is 112 cm³/mol. The van der Waals surface area contributed by atoms with Crippen molar-refractivity contribution in [3.63, 3.8) is 0 Å². The van der Waals surface area contributed by atoms with Gasteiger partial charge in [0.1, 0.15) is 23.1 Å². The number of hydrogen-bond acceptors (Lipinski definition) is 6. The summed E-state index contributed by atoms with van der Waals surface area (Å²) < 4.78 is 3.81. The van der Waals surface area contributed by atoms with Gasteiger partial charge in [-0.2, -0.15) is 4.68 Å². The molecular weight excluding hydrogens is 378 g/mol. The van der Waals surface area contributed by atoms with Crippen molar-refractivity contribution in [1.82, 2.24) is 34.3 Å². The Labute approximate surface area is 174 Å². The lowest BCUT2D eigenvalue weighted by atomic mass is 10.1. The van der Waals surface area contributed by atoms with Crippen LogP contribution in [-0.2, 0) is 12.6 Å². The van der Waals surface area contributed by atoms with Gasteiger partial charge in [0.2, 0.25) is 0 Å². The topological polar surface area (TPSA) is 94.5 Å². The fourth-order valence-corrected chi connectivity index (χ4v) is 4.15. The van der Waals surface area contributed by atoms with Crippen molar-refractivity contribution in [2.24, 2.45) is 7.05 Å². The molecule has 154 valence electrons. The molecule has 2 unspecified atom stereocenters. The van der Waals surface area contributed by atoms with Gasteiger partial charge in [0, 0.05) is 24.9 Å². The van der Waals surface area contributed by atoms with Crippen LogP contribution in [0.15, 0.2) is 30.3 Å². The molecule has 0 bridgehead atoms. The highest BCUT2D eigenvalue weighted by Gasteiger charge is 2.44. The Kier molecular flexibility index (Phi) is 4.05. The Bertz CT molecular complexity index is 1260. The van der Waals surface area contributed by atoms with E-state index in [1.807, 2.05) is 38.1 Å². The molecule has 3 heterocycles. The molecule has 1 N–H and O–H groups in total. The van der Waals surface area contributed by atoms with E-state index in [2.05, 4.69) is 32.7 Å². The van der Waals surface area contributed by atoms with E-state index in [-0.39, 0.29) is 5.92 Å². The molecule has 1 saturated carbocycles. The second kappa shape index (κ2) is 6.43. The largest absolute Gasteiger partial charge is 0.382 e. The summed E-state index contributed by atoms with van der Waals surface area (Å²) in [5.74, 6) is 4.07. The number of benzene rings is 1. The van der Waals surface area contributed by atoms with Gasteiger partial charge in [-0.15, -0.1) is 5.10 Å². The summed E-state index contributed by atoms with van der Waals surface area (Å²) in [5.41, 5.74) is 2.01. The lowest BCUT2D eigenvalue weighted by molar-refractivity contribution is 0.0662. The second-order valence-corrected chi connectivity index (χ2v) is 8.62. The molecule has 0 spiro atoms. The molecule has 2 atom stereocenters. The first-order valence-corrected chi connectivity index (χ1v) is 10.2. The van der Waals surface area contributed by atoms with E-state index in [0.717, 1.165) is 29.0 Å². The molecule has 0 radical (unpaired) electrons. The Morgan fingerprint density at radius 1 is 1.00 bits per heavy atom. The first-order chi connectivity index (χ1) is 14.2. The van der Waals surface area contributed by atoms with Crippen molar-refractivity contribution in [2.75, 3.05) is 0 Å². The average molecular weight is 403 g/mol. The quantitative estimate of drug-likeness (QED) is 0.563. The third kappa shape index (κ3) is 3.08. The molecule has 0 amide bonds. The molecular formula is C22H25N7O. The van der Waals surface area contributed by atoms with Gasteiger partial charge in [-0.25, -0.2) is 19.9 Å². The summed E-state index contributed by atoms with van der Waals surface area (Å²) in [4.78, 5) is 18.5. The maximum Gasteiger partial charge on any atom is 0.165 e. The molecule has 8 heteroatoms. The van der Waals surface area contributed by atoms with Gasteiger partial charge >= 0.3 is 0 Å². The van der Waals surface area contributed by atoms with Crippen LogP contribution in [0.5, 0.6) is 0 Å². The van der Waals surface area contributed by atoms with Crippen LogP contribution in [0, 0.1) is 13.8 Å². The third-order valence-corrected chi connectivity index (χ3v) is 5.65. The minimum absolute atomic E-state index is 0.288. The summed E-state index contributed by atoms with van der Waals surface area (Å²) >= 11 is 0. The minimum atomic E-state index is -1.13. The lowest BCUT2D eigenvalue weighted by Crippen LogP contribution is -2.23. The fraction of sp³-hybridized carbons (Fsp3) is 0.409. The summed E-state index contributed by atoms with van der Waals surface area (Å²) in [7, 11) is 2.07. The normalized spacial score (nSPS) is 18.9. The number of hydrogen-bond donors (Lipinski definition) is 1. The van der Waals surface area contributed by atoms with E-state index in [4.69, 9.17) is 9.97 Å². The van der Waals surface area contributed by atoms with E-state index in [1.54, 1.807) is 18.5 Å². The zero-order valence-corrected chi connectivity index (χ0v) is 17.8. The molecule has 3 aromatic heterocycles. The molecule has 5 rings (SSSR count). The van der Waals surface area contributed by atoms with E-state index in [9.17, 15) is 5.11 Å². The van der Waals surface area contributed by atoms with Crippen molar-refractivity contribution in [3.05, 3.63) is 59.3 Å². The number of rotatable bonds is 4. The maximum atomic E-state index is 10.5. The zero-order chi connectivity index (χ0) is 21.2. The number of imidazole rings is 1. The van der Waals surface area contributed by atoms with Crippen molar-refractivity contribution in [2.45, 2.75) is 51.6 Å². The van der Waals surface area contributed by atoms with Gasteiger partial charge in [0.05, 0.1) is 16.7 Å².